The van der Waals surface area contributed by atoms with Crippen molar-refractivity contribution < 1.29 is 14.3 Å². The van der Waals surface area contributed by atoms with Gasteiger partial charge in [0.25, 0.3) is 0 Å². The lowest BCUT2D eigenvalue weighted by Crippen LogP contribution is -2.39. The van der Waals surface area contributed by atoms with E-state index in [4.69, 9.17) is 16.3 Å². The molecule has 25 heavy (non-hydrogen) atoms. The van der Waals surface area contributed by atoms with E-state index in [-0.39, 0.29) is 12.0 Å². The zero-order valence-corrected chi connectivity index (χ0v) is 15.6. The summed E-state index contributed by atoms with van der Waals surface area (Å²) in [5, 5.41) is 0. The summed E-state index contributed by atoms with van der Waals surface area (Å²) in [4.78, 5) is 33.6. The number of hydrogen-bond acceptors (Lipinski definition) is 5. The third-order valence-corrected chi connectivity index (χ3v) is 3.74. The molecule has 0 aliphatic carbocycles. The Morgan fingerprint density at radius 3 is 2.68 bits per heavy atom. The number of carbonyl (C=O) groups excluding carboxylic acids is 2. The van der Waals surface area contributed by atoms with E-state index >= 15 is 0 Å². The molecule has 0 fully saturated rings. The van der Waals surface area contributed by atoms with Crippen LogP contribution in [0.15, 0.2) is 28.8 Å². The van der Waals surface area contributed by atoms with Gasteiger partial charge in [-0.25, -0.2) is 9.78 Å². The molecule has 2 rings (SSSR count). The van der Waals surface area contributed by atoms with Crippen molar-refractivity contribution in [2.75, 3.05) is 11.4 Å². The number of ether oxygens (including phenoxy) is 1. The van der Waals surface area contributed by atoms with Gasteiger partial charge in [-0.1, -0.05) is 17.7 Å². The van der Waals surface area contributed by atoms with E-state index in [1.54, 1.807) is 46.0 Å². The first-order chi connectivity index (χ1) is 11.7. The van der Waals surface area contributed by atoms with Crippen molar-refractivity contribution in [2.24, 2.45) is 4.99 Å². The summed E-state index contributed by atoms with van der Waals surface area (Å²) in [6.07, 6.45) is 4.42. The Bertz CT molecular complexity index is 723. The van der Waals surface area contributed by atoms with Crippen LogP contribution < -0.4 is 4.90 Å². The quantitative estimate of drug-likeness (QED) is 0.462. The first-order valence-corrected chi connectivity index (χ1v) is 8.43. The molecule has 0 aromatic carbocycles. The molecule has 0 spiro atoms. The summed E-state index contributed by atoms with van der Waals surface area (Å²) in [6, 6.07) is 3.27. The molecule has 134 valence electrons. The van der Waals surface area contributed by atoms with Gasteiger partial charge in [-0.05, 0) is 45.4 Å². The van der Waals surface area contributed by atoms with E-state index in [1.807, 2.05) is 6.08 Å². The smallest absolute Gasteiger partial charge is 0.416 e. The third kappa shape index (κ3) is 5.39. The summed E-state index contributed by atoms with van der Waals surface area (Å²) in [7, 11) is 0. The molecule has 0 N–H and O–H groups in total. The molecule has 0 radical (unpaired) electrons. The lowest BCUT2D eigenvalue weighted by atomic mass is 10.1. The number of pyridine rings is 1. The molecule has 0 saturated heterocycles. The number of aryl methyl sites for hydroxylation is 1. The monoisotopic (exact) mass is 363 g/mol. The molecule has 7 heteroatoms. The molecule has 0 saturated carbocycles. The average molecular weight is 364 g/mol. The normalized spacial score (nSPS) is 17.0. The first-order valence-electron chi connectivity index (χ1n) is 7.99. The van der Waals surface area contributed by atoms with Crippen molar-refractivity contribution in [2.45, 2.75) is 45.2 Å². The number of amides is 1. The molecular weight excluding hydrogens is 342 g/mol. The van der Waals surface area contributed by atoms with Crippen molar-refractivity contribution in [1.29, 1.82) is 0 Å². The summed E-state index contributed by atoms with van der Waals surface area (Å²) in [6.45, 7) is 7.39. The summed E-state index contributed by atoms with van der Waals surface area (Å²) >= 11 is 5.95. The number of carbonyl (C=O) groups is 2. The largest absolute Gasteiger partial charge is 0.443 e. The van der Waals surface area contributed by atoms with Crippen LogP contribution in [0.25, 0.3) is 0 Å². The number of anilines is 1. The van der Waals surface area contributed by atoms with Crippen LogP contribution in [0.2, 0.25) is 0 Å². The minimum atomic E-state index is -0.636. The van der Waals surface area contributed by atoms with Crippen molar-refractivity contribution in [3.8, 4) is 0 Å². The number of alkyl halides is 1. The van der Waals surface area contributed by atoms with E-state index in [9.17, 15) is 9.59 Å². The Morgan fingerprint density at radius 2 is 2.16 bits per heavy atom. The lowest BCUT2D eigenvalue weighted by Gasteiger charge is -2.27. The van der Waals surface area contributed by atoms with Crippen molar-refractivity contribution in [3.05, 3.63) is 35.0 Å². The topological polar surface area (TPSA) is 71.9 Å². The van der Waals surface area contributed by atoms with E-state index < -0.39 is 11.7 Å². The molecular formula is C18H22ClN3O3. The molecule has 1 aliphatic rings. The Morgan fingerprint density at radius 1 is 1.44 bits per heavy atom. The maximum Gasteiger partial charge on any atom is 0.416 e. The van der Waals surface area contributed by atoms with E-state index in [0.717, 1.165) is 11.9 Å². The average Bonchev–Trinajstić information content (AvgIpc) is 2.52. The Hall–Kier alpha value is -2.21. The fourth-order valence-electron chi connectivity index (χ4n) is 2.22. The second-order valence-corrected chi connectivity index (χ2v) is 7.26. The zero-order valence-electron chi connectivity index (χ0n) is 14.8. The van der Waals surface area contributed by atoms with Crippen LogP contribution in [0.4, 0.5) is 10.6 Å². The van der Waals surface area contributed by atoms with Gasteiger partial charge in [-0.15, -0.1) is 0 Å². The van der Waals surface area contributed by atoms with Gasteiger partial charge < -0.3 is 4.74 Å². The van der Waals surface area contributed by atoms with Crippen LogP contribution in [0, 0.1) is 6.92 Å². The van der Waals surface area contributed by atoms with Gasteiger partial charge in [0.1, 0.15) is 16.9 Å². The fraction of sp³-hybridized carbons (Fsp3) is 0.444. The second kappa shape index (κ2) is 7.78. The fourth-order valence-corrected chi connectivity index (χ4v) is 2.36. The Kier molecular flexibility index (Phi) is 5.95. The first kappa shape index (κ1) is 19.1. The maximum atomic E-state index is 12.7. The molecule has 0 bridgehead atoms. The summed E-state index contributed by atoms with van der Waals surface area (Å²) in [5.74, 6) is 0.416. The van der Waals surface area contributed by atoms with Crippen molar-refractivity contribution in [3.63, 3.8) is 0 Å². The molecule has 1 aromatic rings. The van der Waals surface area contributed by atoms with Crippen LogP contribution in [-0.2, 0) is 4.74 Å². The predicted octanol–water partition coefficient (Wildman–Crippen LogP) is 3.91. The summed E-state index contributed by atoms with van der Waals surface area (Å²) < 4.78 is 5.49. The number of dihydropyridines is 1. The molecule has 1 aliphatic heterocycles. The predicted molar refractivity (Wildman–Crippen MR) is 98.8 cm³/mol. The molecule has 1 aromatic heterocycles. The highest BCUT2D eigenvalue weighted by Crippen LogP contribution is 2.21. The van der Waals surface area contributed by atoms with Crippen molar-refractivity contribution in [1.82, 2.24) is 4.98 Å². The highest BCUT2D eigenvalue weighted by molar-refractivity contribution is 6.21. The SMILES string of the molecule is Cc1nc(N(CC2=CCC(Cl)N=C2)C(=O)OC(C)(C)C)ccc1C=O. The second-order valence-electron chi connectivity index (χ2n) is 6.76. The van der Waals surface area contributed by atoms with Gasteiger partial charge in [-0.3, -0.25) is 14.7 Å². The van der Waals surface area contributed by atoms with Crippen LogP contribution >= 0.6 is 11.6 Å². The molecule has 6 nitrogen and oxygen atoms in total. The van der Waals surface area contributed by atoms with Gasteiger partial charge in [0.05, 0.1) is 12.2 Å². The number of aromatic nitrogens is 1. The van der Waals surface area contributed by atoms with Crippen LogP contribution in [0.5, 0.6) is 0 Å². The molecule has 2 heterocycles. The Balaban J connectivity index is 2.31. The van der Waals surface area contributed by atoms with Gasteiger partial charge in [0.2, 0.25) is 0 Å². The van der Waals surface area contributed by atoms with E-state index in [0.29, 0.717) is 23.5 Å². The number of aldehydes is 1. The van der Waals surface area contributed by atoms with Crippen LogP contribution in [0.1, 0.15) is 43.2 Å². The van der Waals surface area contributed by atoms with Gasteiger partial charge in [-0.2, -0.15) is 0 Å². The van der Waals surface area contributed by atoms with Gasteiger partial charge in [0.15, 0.2) is 6.29 Å². The lowest BCUT2D eigenvalue weighted by molar-refractivity contribution is 0.0582. The van der Waals surface area contributed by atoms with E-state index in [1.165, 1.54) is 4.90 Å². The maximum absolute atomic E-state index is 12.7. The van der Waals surface area contributed by atoms with Crippen LogP contribution in [0.3, 0.4) is 0 Å². The number of aliphatic imine (C=N–C) groups is 1. The highest BCUT2D eigenvalue weighted by atomic mass is 35.5. The third-order valence-electron chi connectivity index (χ3n) is 3.45. The number of nitrogens with zero attached hydrogens (tertiary/aromatic N) is 3. The molecule has 1 atom stereocenters. The number of rotatable bonds is 4. The highest BCUT2D eigenvalue weighted by Gasteiger charge is 2.25. The van der Waals surface area contributed by atoms with Gasteiger partial charge in [0, 0.05) is 18.2 Å². The minimum Gasteiger partial charge on any atom is -0.443 e. The summed E-state index contributed by atoms with van der Waals surface area (Å²) in [5.41, 5.74) is 0.973. The zero-order chi connectivity index (χ0) is 18.6. The minimum absolute atomic E-state index is 0.259. The van der Waals surface area contributed by atoms with Crippen molar-refractivity contribution >= 4 is 36.0 Å². The molecule has 1 unspecified atom stereocenters. The molecule has 1 amide bonds. The van der Waals surface area contributed by atoms with Crippen LogP contribution in [-0.4, -0.2) is 41.2 Å². The standard InChI is InChI=1S/C18H22ClN3O3/c1-12-14(11-23)6-8-16(21-12)22(17(24)25-18(2,3)4)10-13-5-7-15(19)20-9-13/h5-6,8-9,11,15H,7,10H2,1-4H3. The number of hydrogen-bond donors (Lipinski definition) is 0. The van der Waals surface area contributed by atoms with Gasteiger partial charge >= 0.3 is 6.09 Å². The Labute approximate surface area is 152 Å². The number of halogens is 1. The van der Waals surface area contributed by atoms with E-state index in [2.05, 4.69) is 9.98 Å².